The van der Waals surface area contributed by atoms with Crippen LogP contribution >= 0.6 is 0 Å². The van der Waals surface area contributed by atoms with Crippen LogP contribution in [0.5, 0.6) is 0 Å². The highest BCUT2D eigenvalue weighted by atomic mass is 16.1. The molecule has 1 heteroatoms. The normalized spacial score (nSPS) is 8.91. The summed E-state index contributed by atoms with van der Waals surface area (Å²) in [6, 6.07) is 0. The molecule has 0 aliphatic rings. The quantitative estimate of drug-likeness (QED) is 0.561. The molecule has 0 aliphatic carbocycles. The molecule has 0 aromatic carbocycles. The average molecular weight is 156 g/mol. The SMILES string of the molecule is C.CC(C)=C(C)C(=O)C(C)C. The van der Waals surface area contributed by atoms with Gasteiger partial charge in [-0.05, 0) is 26.3 Å². The third kappa shape index (κ3) is 3.97. The van der Waals surface area contributed by atoms with Crippen molar-refractivity contribution in [2.24, 2.45) is 5.92 Å². The molecule has 11 heavy (non-hydrogen) atoms. The summed E-state index contributed by atoms with van der Waals surface area (Å²) in [5.41, 5.74) is 2.04. The van der Waals surface area contributed by atoms with Crippen molar-refractivity contribution in [3.05, 3.63) is 11.1 Å². The molecule has 0 amide bonds. The fourth-order valence-electron chi connectivity index (χ4n) is 0.679. The summed E-state index contributed by atoms with van der Waals surface area (Å²) >= 11 is 0. The van der Waals surface area contributed by atoms with E-state index in [2.05, 4.69) is 0 Å². The lowest BCUT2D eigenvalue weighted by Crippen LogP contribution is -2.08. The first-order valence-corrected chi connectivity index (χ1v) is 3.65. The highest BCUT2D eigenvalue weighted by Gasteiger charge is 2.09. The van der Waals surface area contributed by atoms with Crippen LogP contribution < -0.4 is 0 Å². The Morgan fingerprint density at radius 3 is 1.55 bits per heavy atom. The molecule has 0 unspecified atom stereocenters. The van der Waals surface area contributed by atoms with E-state index in [0.29, 0.717) is 0 Å². The van der Waals surface area contributed by atoms with Crippen LogP contribution in [0.15, 0.2) is 11.1 Å². The van der Waals surface area contributed by atoms with Gasteiger partial charge in [-0.25, -0.2) is 0 Å². The van der Waals surface area contributed by atoms with Gasteiger partial charge >= 0.3 is 0 Å². The Kier molecular flexibility index (Phi) is 6.06. The minimum atomic E-state index is 0. The van der Waals surface area contributed by atoms with Gasteiger partial charge in [-0.3, -0.25) is 4.79 Å². The van der Waals surface area contributed by atoms with E-state index in [0.717, 1.165) is 11.1 Å². The summed E-state index contributed by atoms with van der Waals surface area (Å²) in [6.45, 7) is 9.67. The molecule has 0 bridgehead atoms. The van der Waals surface area contributed by atoms with Crippen LogP contribution in [-0.4, -0.2) is 5.78 Å². The standard InChI is InChI=1S/C9H16O.CH4/c1-6(2)8(5)9(10)7(3)4;/h7H,1-5H3;1H4. The number of hydrogen-bond donors (Lipinski definition) is 0. The van der Waals surface area contributed by atoms with Crippen molar-refractivity contribution in [2.45, 2.75) is 42.0 Å². The van der Waals surface area contributed by atoms with Gasteiger partial charge in [0, 0.05) is 5.92 Å². The molecule has 0 N–H and O–H groups in total. The van der Waals surface area contributed by atoms with E-state index in [1.54, 1.807) is 0 Å². The summed E-state index contributed by atoms with van der Waals surface area (Å²) in [7, 11) is 0. The molecule has 0 rings (SSSR count). The molecule has 0 saturated heterocycles. The Labute approximate surface area is 70.5 Å². The number of ketones is 1. The van der Waals surface area contributed by atoms with Crippen molar-refractivity contribution in [2.75, 3.05) is 0 Å². The molecule has 0 atom stereocenters. The Hall–Kier alpha value is -0.590. The van der Waals surface area contributed by atoms with Gasteiger partial charge in [0.25, 0.3) is 0 Å². The fraction of sp³-hybridized carbons (Fsp3) is 0.700. The van der Waals surface area contributed by atoms with Crippen molar-refractivity contribution in [3.63, 3.8) is 0 Å². The first-order chi connectivity index (χ1) is 4.46. The molecule has 0 saturated carbocycles. The Morgan fingerprint density at radius 2 is 1.45 bits per heavy atom. The molecular formula is C10H20O. The number of allylic oxidation sites excluding steroid dienone is 2. The van der Waals surface area contributed by atoms with Crippen LogP contribution in [0, 0.1) is 5.92 Å². The Bertz CT molecular complexity index is 160. The summed E-state index contributed by atoms with van der Waals surface area (Å²) in [5, 5.41) is 0. The van der Waals surface area contributed by atoms with Crippen molar-refractivity contribution < 1.29 is 4.79 Å². The van der Waals surface area contributed by atoms with Crippen LogP contribution in [-0.2, 0) is 4.79 Å². The van der Waals surface area contributed by atoms with Crippen LogP contribution in [0.4, 0.5) is 0 Å². The maximum Gasteiger partial charge on any atom is 0.161 e. The lowest BCUT2D eigenvalue weighted by atomic mass is 9.99. The first kappa shape index (κ1) is 13.0. The molecule has 0 heterocycles. The van der Waals surface area contributed by atoms with Gasteiger partial charge < -0.3 is 0 Å². The van der Waals surface area contributed by atoms with Crippen LogP contribution in [0.3, 0.4) is 0 Å². The van der Waals surface area contributed by atoms with E-state index in [9.17, 15) is 4.79 Å². The van der Waals surface area contributed by atoms with Gasteiger partial charge in [0.1, 0.15) is 0 Å². The molecule has 0 spiro atoms. The number of rotatable bonds is 2. The van der Waals surface area contributed by atoms with Crippen molar-refractivity contribution in [1.82, 2.24) is 0 Å². The van der Waals surface area contributed by atoms with Gasteiger partial charge in [0.05, 0.1) is 0 Å². The molecule has 0 radical (unpaired) electrons. The largest absolute Gasteiger partial charge is 0.294 e. The average Bonchev–Trinajstić information content (AvgIpc) is 1.84. The second kappa shape index (κ2) is 5.11. The van der Waals surface area contributed by atoms with Gasteiger partial charge in [-0.2, -0.15) is 0 Å². The van der Waals surface area contributed by atoms with Crippen molar-refractivity contribution in [3.8, 4) is 0 Å². The Morgan fingerprint density at radius 1 is 1.09 bits per heavy atom. The summed E-state index contributed by atoms with van der Waals surface area (Å²) in [6.07, 6.45) is 0. The summed E-state index contributed by atoms with van der Waals surface area (Å²) in [5.74, 6) is 0.398. The van der Waals surface area contributed by atoms with Crippen molar-refractivity contribution in [1.29, 1.82) is 0 Å². The Balaban J connectivity index is 0. The highest BCUT2D eigenvalue weighted by Crippen LogP contribution is 2.09. The molecule has 0 aromatic rings. The maximum atomic E-state index is 11.2. The van der Waals surface area contributed by atoms with E-state index in [1.807, 2.05) is 34.6 Å². The smallest absolute Gasteiger partial charge is 0.161 e. The number of carbonyl (C=O) groups is 1. The zero-order valence-electron chi connectivity index (χ0n) is 7.49. The van der Waals surface area contributed by atoms with Gasteiger partial charge in [-0.15, -0.1) is 0 Å². The summed E-state index contributed by atoms with van der Waals surface area (Å²) < 4.78 is 0. The van der Waals surface area contributed by atoms with E-state index < -0.39 is 0 Å². The predicted octanol–water partition coefficient (Wildman–Crippen LogP) is 3.20. The number of hydrogen-bond acceptors (Lipinski definition) is 1. The highest BCUT2D eigenvalue weighted by molar-refractivity contribution is 5.96. The minimum absolute atomic E-state index is 0. The molecule has 66 valence electrons. The van der Waals surface area contributed by atoms with Crippen LogP contribution in [0.25, 0.3) is 0 Å². The lowest BCUT2D eigenvalue weighted by Gasteiger charge is -2.04. The third-order valence-corrected chi connectivity index (χ3v) is 1.64. The predicted molar refractivity (Wildman–Crippen MR) is 50.6 cm³/mol. The second-order valence-electron chi connectivity index (χ2n) is 3.14. The number of Topliss-reactive ketones (excluding diaryl/α,β-unsaturated/α-hetero) is 1. The van der Waals surface area contributed by atoms with Crippen molar-refractivity contribution >= 4 is 5.78 Å². The molecule has 1 nitrogen and oxygen atoms in total. The van der Waals surface area contributed by atoms with Gasteiger partial charge in [0.2, 0.25) is 0 Å². The van der Waals surface area contributed by atoms with Crippen LogP contribution in [0.2, 0.25) is 0 Å². The van der Waals surface area contributed by atoms with Gasteiger partial charge in [0.15, 0.2) is 5.78 Å². The van der Waals surface area contributed by atoms with Gasteiger partial charge in [-0.1, -0.05) is 26.8 Å². The van der Waals surface area contributed by atoms with E-state index >= 15 is 0 Å². The lowest BCUT2D eigenvalue weighted by molar-refractivity contribution is -0.118. The minimum Gasteiger partial charge on any atom is -0.294 e. The zero-order chi connectivity index (χ0) is 8.31. The third-order valence-electron chi connectivity index (χ3n) is 1.64. The second-order valence-corrected chi connectivity index (χ2v) is 3.14. The van der Waals surface area contributed by atoms with Crippen LogP contribution in [0.1, 0.15) is 42.0 Å². The van der Waals surface area contributed by atoms with E-state index in [-0.39, 0.29) is 19.1 Å². The zero-order valence-corrected chi connectivity index (χ0v) is 7.49. The summed E-state index contributed by atoms with van der Waals surface area (Å²) in [4.78, 5) is 11.2. The molecule has 0 aromatic heterocycles. The maximum absolute atomic E-state index is 11.2. The number of carbonyl (C=O) groups excluding carboxylic acids is 1. The first-order valence-electron chi connectivity index (χ1n) is 3.65. The molecular weight excluding hydrogens is 136 g/mol. The topological polar surface area (TPSA) is 17.1 Å². The monoisotopic (exact) mass is 156 g/mol. The molecule has 0 aliphatic heterocycles. The van der Waals surface area contributed by atoms with E-state index in [1.165, 1.54) is 0 Å². The fourth-order valence-corrected chi connectivity index (χ4v) is 0.679. The van der Waals surface area contributed by atoms with E-state index in [4.69, 9.17) is 0 Å². The molecule has 0 fully saturated rings.